The highest BCUT2D eigenvalue weighted by atomic mass is 32.1. The lowest BCUT2D eigenvalue weighted by Crippen LogP contribution is -2.44. The molecule has 2 rings (SSSR count). The van der Waals surface area contributed by atoms with Crippen molar-refractivity contribution in [2.24, 2.45) is 5.73 Å². The first-order chi connectivity index (χ1) is 9.89. The molecule has 0 saturated heterocycles. The minimum absolute atomic E-state index is 0.147. The number of carbonyl (C=O) groups excluding carboxylic acids is 1. The van der Waals surface area contributed by atoms with Crippen LogP contribution < -0.4 is 15.8 Å². The molecule has 0 saturated carbocycles. The fourth-order valence-electron chi connectivity index (χ4n) is 1.64. The monoisotopic (exact) mass is 305 g/mol. The number of ether oxygens (including phenoxy) is 1. The SMILES string of the molecule is COc1ccc(-c2ncc(C(=O)NCC(C)(C)N)s2)cc1. The molecule has 112 valence electrons. The molecule has 0 radical (unpaired) electrons. The summed E-state index contributed by atoms with van der Waals surface area (Å²) in [6, 6.07) is 7.57. The summed E-state index contributed by atoms with van der Waals surface area (Å²) in [6.07, 6.45) is 1.59. The Morgan fingerprint density at radius 3 is 2.62 bits per heavy atom. The third-order valence-corrected chi connectivity index (χ3v) is 3.82. The smallest absolute Gasteiger partial charge is 0.263 e. The first-order valence-corrected chi connectivity index (χ1v) is 7.38. The van der Waals surface area contributed by atoms with Crippen molar-refractivity contribution in [2.75, 3.05) is 13.7 Å². The van der Waals surface area contributed by atoms with Crippen molar-refractivity contribution in [1.82, 2.24) is 10.3 Å². The van der Waals surface area contributed by atoms with Crippen LogP contribution in [-0.4, -0.2) is 30.1 Å². The van der Waals surface area contributed by atoms with Crippen molar-refractivity contribution in [3.63, 3.8) is 0 Å². The molecule has 5 nitrogen and oxygen atoms in total. The summed E-state index contributed by atoms with van der Waals surface area (Å²) in [5, 5.41) is 3.61. The summed E-state index contributed by atoms with van der Waals surface area (Å²) >= 11 is 1.35. The number of nitrogens with one attached hydrogen (secondary N) is 1. The molecular formula is C15H19N3O2S. The Balaban J connectivity index is 2.08. The first-order valence-electron chi connectivity index (χ1n) is 6.56. The van der Waals surface area contributed by atoms with Gasteiger partial charge in [-0.05, 0) is 38.1 Å². The van der Waals surface area contributed by atoms with Gasteiger partial charge in [-0.25, -0.2) is 4.98 Å². The van der Waals surface area contributed by atoms with Crippen molar-refractivity contribution < 1.29 is 9.53 Å². The van der Waals surface area contributed by atoms with Gasteiger partial charge in [0.2, 0.25) is 0 Å². The lowest BCUT2D eigenvalue weighted by atomic mass is 10.1. The number of nitrogens with zero attached hydrogens (tertiary/aromatic N) is 1. The maximum absolute atomic E-state index is 12.0. The van der Waals surface area contributed by atoms with Gasteiger partial charge in [-0.2, -0.15) is 0 Å². The first kappa shape index (κ1) is 15.5. The summed E-state index contributed by atoms with van der Waals surface area (Å²) in [7, 11) is 1.62. The predicted octanol–water partition coefficient (Wildman–Crippen LogP) is 2.29. The lowest BCUT2D eigenvalue weighted by Gasteiger charge is -2.18. The third-order valence-electron chi connectivity index (χ3n) is 2.77. The molecule has 0 atom stereocenters. The van der Waals surface area contributed by atoms with Gasteiger partial charge in [0.1, 0.15) is 15.6 Å². The van der Waals surface area contributed by atoms with Gasteiger partial charge in [-0.15, -0.1) is 11.3 Å². The minimum Gasteiger partial charge on any atom is -0.497 e. The van der Waals surface area contributed by atoms with Crippen LogP contribution in [0.4, 0.5) is 0 Å². The van der Waals surface area contributed by atoms with E-state index in [1.807, 2.05) is 38.1 Å². The standard InChI is InChI=1S/C15H19N3O2S/c1-15(2,16)9-18-13(19)12-8-17-14(21-12)10-4-6-11(20-3)7-5-10/h4-8H,9,16H2,1-3H3,(H,18,19). The molecule has 1 heterocycles. The van der Waals surface area contributed by atoms with Gasteiger partial charge in [-0.3, -0.25) is 4.79 Å². The molecule has 2 aromatic rings. The number of benzene rings is 1. The van der Waals surface area contributed by atoms with E-state index in [1.54, 1.807) is 13.3 Å². The molecule has 0 spiro atoms. The Labute approximate surface area is 128 Å². The number of hydrogen-bond acceptors (Lipinski definition) is 5. The fraction of sp³-hybridized carbons (Fsp3) is 0.333. The van der Waals surface area contributed by atoms with Crippen LogP contribution in [0.2, 0.25) is 0 Å². The maximum Gasteiger partial charge on any atom is 0.263 e. The van der Waals surface area contributed by atoms with E-state index < -0.39 is 5.54 Å². The van der Waals surface area contributed by atoms with E-state index in [2.05, 4.69) is 10.3 Å². The average molecular weight is 305 g/mol. The Bertz CT molecular complexity index is 615. The molecule has 0 fully saturated rings. The zero-order chi connectivity index (χ0) is 15.5. The highest BCUT2D eigenvalue weighted by Crippen LogP contribution is 2.26. The largest absolute Gasteiger partial charge is 0.497 e. The zero-order valence-electron chi connectivity index (χ0n) is 12.3. The van der Waals surface area contributed by atoms with Crippen LogP contribution in [0.3, 0.4) is 0 Å². The molecule has 0 unspecified atom stereocenters. The van der Waals surface area contributed by atoms with Crippen LogP contribution in [0.5, 0.6) is 5.75 Å². The Morgan fingerprint density at radius 2 is 2.05 bits per heavy atom. The van der Waals surface area contributed by atoms with Crippen LogP contribution in [0.25, 0.3) is 10.6 Å². The normalized spacial score (nSPS) is 11.2. The van der Waals surface area contributed by atoms with Gasteiger partial charge in [-0.1, -0.05) is 0 Å². The van der Waals surface area contributed by atoms with Crippen LogP contribution in [0, 0.1) is 0 Å². The molecule has 0 aliphatic carbocycles. The molecule has 3 N–H and O–H groups in total. The lowest BCUT2D eigenvalue weighted by molar-refractivity contribution is 0.0950. The molecule has 21 heavy (non-hydrogen) atoms. The Morgan fingerprint density at radius 1 is 1.38 bits per heavy atom. The van der Waals surface area contributed by atoms with E-state index in [1.165, 1.54) is 11.3 Å². The summed E-state index contributed by atoms with van der Waals surface area (Å²) in [4.78, 5) is 16.9. The number of methoxy groups -OCH3 is 1. The van der Waals surface area contributed by atoms with Crippen molar-refractivity contribution >= 4 is 17.2 Å². The Hall–Kier alpha value is -1.92. The van der Waals surface area contributed by atoms with Crippen LogP contribution in [0.1, 0.15) is 23.5 Å². The maximum atomic E-state index is 12.0. The number of thiazole rings is 1. The van der Waals surface area contributed by atoms with Crippen molar-refractivity contribution in [3.05, 3.63) is 35.3 Å². The van der Waals surface area contributed by atoms with E-state index in [4.69, 9.17) is 10.5 Å². The van der Waals surface area contributed by atoms with Crippen LogP contribution >= 0.6 is 11.3 Å². The minimum atomic E-state index is -0.431. The molecule has 0 aliphatic rings. The summed E-state index contributed by atoms with van der Waals surface area (Å²) in [5.41, 5.74) is 6.37. The molecule has 6 heteroatoms. The quantitative estimate of drug-likeness (QED) is 0.888. The topological polar surface area (TPSA) is 77.2 Å². The van der Waals surface area contributed by atoms with Gasteiger partial charge in [0.15, 0.2) is 0 Å². The fourth-order valence-corrected chi connectivity index (χ4v) is 2.48. The number of amides is 1. The predicted molar refractivity (Wildman–Crippen MR) is 84.7 cm³/mol. The summed E-state index contributed by atoms with van der Waals surface area (Å²) in [5.74, 6) is 0.643. The number of hydrogen-bond donors (Lipinski definition) is 2. The van der Waals surface area contributed by atoms with E-state index >= 15 is 0 Å². The second kappa shape index (κ2) is 6.24. The van der Waals surface area contributed by atoms with Gasteiger partial charge in [0.05, 0.1) is 13.3 Å². The number of rotatable bonds is 5. The summed E-state index contributed by atoms with van der Waals surface area (Å²) < 4.78 is 5.12. The zero-order valence-corrected chi connectivity index (χ0v) is 13.2. The van der Waals surface area contributed by atoms with Gasteiger partial charge >= 0.3 is 0 Å². The molecular weight excluding hydrogens is 286 g/mol. The van der Waals surface area contributed by atoms with E-state index in [0.29, 0.717) is 11.4 Å². The van der Waals surface area contributed by atoms with Crippen LogP contribution in [-0.2, 0) is 0 Å². The molecule has 0 aliphatic heterocycles. The van der Waals surface area contributed by atoms with E-state index in [9.17, 15) is 4.79 Å². The molecule has 1 aromatic heterocycles. The van der Waals surface area contributed by atoms with E-state index in [0.717, 1.165) is 16.3 Å². The highest BCUT2D eigenvalue weighted by Gasteiger charge is 2.15. The number of carbonyl (C=O) groups is 1. The second-order valence-corrected chi connectivity index (χ2v) is 6.46. The molecule has 0 bridgehead atoms. The van der Waals surface area contributed by atoms with Crippen molar-refractivity contribution in [3.8, 4) is 16.3 Å². The number of aromatic nitrogens is 1. The molecule has 1 amide bonds. The van der Waals surface area contributed by atoms with Gasteiger partial charge in [0.25, 0.3) is 5.91 Å². The highest BCUT2D eigenvalue weighted by molar-refractivity contribution is 7.16. The Kier molecular flexibility index (Phi) is 4.59. The second-order valence-electron chi connectivity index (χ2n) is 5.43. The number of nitrogens with two attached hydrogens (primary N) is 1. The van der Waals surface area contributed by atoms with Crippen LogP contribution in [0.15, 0.2) is 30.5 Å². The van der Waals surface area contributed by atoms with E-state index in [-0.39, 0.29) is 5.91 Å². The van der Waals surface area contributed by atoms with Crippen molar-refractivity contribution in [2.45, 2.75) is 19.4 Å². The summed E-state index contributed by atoms with van der Waals surface area (Å²) in [6.45, 7) is 4.15. The van der Waals surface area contributed by atoms with Gasteiger partial charge < -0.3 is 15.8 Å². The van der Waals surface area contributed by atoms with Crippen molar-refractivity contribution in [1.29, 1.82) is 0 Å². The molecule has 1 aromatic carbocycles. The van der Waals surface area contributed by atoms with Gasteiger partial charge in [0, 0.05) is 17.6 Å². The third kappa shape index (κ3) is 4.27. The average Bonchev–Trinajstić information content (AvgIpc) is 2.94.